The second-order valence-electron chi connectivity index (χ2n) is 7.56. The first-order valence-electron chi connectivity index (χ1n) is 9.70. The van der Waals surface area contributed by atoms with Crippen molar-refractivity contribution in [1.29, 1.82) is 0 Å². The summed E-state index contributed by atoms with van der Waals surface area (Å²) in [5.74, 6) is -3.18. The monoisotopic (exact) mass is 451 g/mol. The Kier molecular flexibility index (Phi) is 5.07. The lowest BCUT2D eigenvalue weighted by Crippen LogP contribution is -2.46. The smallest absolute Gasteiger partial charge is 0.363 e. The number of oxime groups is 1. The zero-order valence-electron chi connectivity index (χ0n) is 16.6. The highest BCUT2D eigenvalue weighted by molar-refractivity contribution is 7.91. The Morgan fingerprint density at radius 2 is 1.94 bits per heavy atom. The fourth-order valence-corrected chi connectivity index (χ4v) is 5.26. The van der Waals surface area contributed by atoms with Gasteiger partial charge < -0.3 is 20.4 Å². The van der Waals surface area contributed by atoms with Crippen LogP contribution in [0.15, 0.2) is 17.5 Å². The molecular formula is C18H21N5O7S. The highest BCUT2D eigenvalue weighted by Crippen LogP contribution is 2.34. The molecule has 13 heteroatoms. The molecule has 0 radical (unpaired) electrons. The van der Waals surface area contributed by atoms with Crippen LogP contribution in [0.3, 0.4) is 0 Å². The largest absolute Gasteiger partial charge is 0.478 e. The van der Waals surface area contributed by atoms with E-state index in [4.69, 9.17) is 4.84 Å². The molecule has 0 spiro atoms. The van der Waals surface area contributed by atoms with E-state index in [-0.39, 0.29) is 23.3 Å². The second kappa shape index (κ2) is 7.48. The molecule has 1 saturated heterocycles. The van der Waals surface area contributed by atoms with Gasteiger partial charge >= 0.3 is 17.5 Å². The lowest BCUT2D eigenvalue weighted by atomic mass is 9.93. The summed E-state index contributed by atoms with van der Waals surface area (Å²) in [4.78, 5) is 32.4. The Bertz CT molecular complexity index is 1180. The number of nitrogens with zero attached hydrogens (tertiary/aromatic N) is 4. The van der Waals surface area contributed by atoms with Crippen molar-refractivity contribution < 1.29 is 33.1 Å². The fourth-order valence-electron chi connectivity index (χ4n) is 3.77. The number of pyridine rings is 1. The van der Waals surface area contributed by atoms with E-state index >= 15 is 0 Å². The van der Waals surface area contributed by atoms with Gasteiger partial charge in [-0.15, -0.1) is 0 Å². The number of aliphatic carboxylic acids is 2. The van der Waals surface area contributed by atoms with Crippen LogP contribution in [-0.4, -0.2) is 74.2 Å². The molecule has 0 aromatic carbocycles. The highest BCUT2D eigenvalue weighted by atomic mass is 32.2. The Labute approximate surface area is 176 Å². The molecule has 166 valence electrons. The molecule has 3 N–H and O–H groups in total. The van der Waals surface area contributed by atoms with E-state index < -0.39 is 33.8 Å². The van der Waals surface area contributed by atoms with Gasteiger partial charge in [-0.3, -0.25) is 0 Å². The Morgan fingerprint density at radius 3 is 2.52 bits per heavy atom. The molecule has 2 aromatic heterocycles. The third-order valence-corrected chi connectivity index (χ3v) is 7.31. The van der Waals surface area contributed by atoms with Crippen LogP contribution in [-0.2, 0) is 30.8 Å². The summed E-state index contributed by atoms with van der Waals surface area (Å²) in [6, 6.07) is -0.149. The molecule has 1 fully saturated rings. The number of fused-ring (bicyclic) bond motifs is 1. The average molecular weight is 451 g/mol. The minimum Gasteiger partial charge on any atom is -0.478 e. The van der Waals surface area contributed by atoms with Gasteiger partial charge in [0.05, 0.1) is 40.9 Å². The first kappa shape index (κ1) is 21.0. The predicted molar refractivity (Wildman–Crippen MR) is 109 cm³/mol. The topological polar surface area (TPSA) is 173 Å². The maximum atomic E-state index is 11.8. The summed E-state index contributed by atoms with van der Waals surface area (Å²) in [7, 11) is -3.05. The van der Waals surface area contributed by atoms with Gasteiger partial charge in [0.2, 0.25) is 0 Å². The first-order valence-corrected chi connectivity index (χ1v) is 11.5. The first-order chi connectivity index (χ1) is 14.7. The van der Waals surface area contributed by atoms with E-state index in [2.05, 4.69) is 20.6 Å². The van der Waals surface area contributed by atoms with Crippen LogP contribution in [0.25, 0.3) is 11.0 Å². The number of sulfone groups is 1. The molecule has 2 aromatic rings. The van der Waals surface area contributed by atoms with Crippen molar-refractivity contribution in [3.63, 3.8) is 0 Å². The van der Waals surface area contributed by atoms with Gasteiger partial charge in [0, 0.05) is 24.3 Å². The number of rotatable bonds is 6. The van der Waals surface area contributed by atoms with E-state index in [9.17, 15) is 28.2 Å². The normalized spacial score (nSPS) is 20.2. The third-order valence-electron chi connectivity index (χ3n) is 5.60. The van der Waals surface area contributed by atoms with Crippen molar-refractivity contribution in [2.45, 2.75) is 44.4 Å². The molecule has 4 heterocycles. The van der Waals surface area contributed by atoms with E-state index in [1.54, 1.807) is 10.9 Å². The van der Waals surface area contributed by atoms with Crippen LogP contribution in [0.5, 0.6) is 0 Å². The van der Waals surface area contributed by atoms with Gasteiger partial charge in [-0.05, 0) is 19.8 Å². The number of hydrogen-bond acceptors (Lipinski definition) is 9. The molecule has 31 heavy (non-hydrogen) atoms. The van der Waals surface area contributed by atoms with Crippen LogP contribution in [0.4, 0.5) is 5.69 Å². The number of carboxylic acid groups (broad SMARTS) is 2. The van der Waals surface area contributed by atoms with E-state index in [1.165, 1.54) is 6.20 Å². The van der Waals surface area contributed by atoms with Gasteiger partial charge in [0.25, 0.3) is 0 Å². The molecule has 2 aliphatic rings. The molecule has 0 saturated carbocycles. The Balaban J connectivity index is 1.75. The number of hydrogen-bond donors (Lipinski definition) is 3. The average Bonchev–Trinajstić information content (AvgIpc) is 3.35. The van der Waals surface area contributed by atoms with Gasteiger partial charge in [0.1, 0.15) is 9.84 Å². The summed E-state index contributed by atoms with van der Waals surface area (Å²) in [5, 5.41) is 30.9. The molecular weight excluding hydrogens is 430 g/mol. The predicted octanol–water partition coefficient (Wildman–Crippen LogP) is 0.473. The summed E-state index contributed by atoms with van der Waals surface area (Å²) < 4.78 is 25.2. The van der Waals surface area contributed by atoms with Gasteiger partial charge in [0.15, 0.2) is 5.65 Å². The summed E-state index contributed by atoms with van der Waals surface area (Å²) in [6.07, 6.45) is 3.41. The molecule has 4 rings (SSSR count). The second-order valence-corrected chi connectivity index (χ2v) is 9.86. The molecule has 2 aliphatic heterocycles. The minimum atomic E-state index is -3.05. The van der Waals surface area contributed by atoms with Gasteiger partial charge in [-0.25, -0.2) is 27.7 Å². The quantitative estimate of drug-likeness (QED) is 0.524. The highest BCUT2D eigenvalue weighted by Gasteiger charge is 2.55. The lowest BCUT2D eigenvalue weighted by molar-refractivity contribution is -0.179. The Morgan fingerprint density at radius 1 is 1.26 bits per heavy atom. The maximum absolute atomic E-state index is 11.8. The molecule has 0 unspecified atom stereocenters. The third kappa shape index (κ3) is 3.58. The van der Waals surface area contributed by atoms with E-state index in [0.717, 1.165) is 0 Å². The summed E-state index contributed by atoms with van der Waals surface area (Å²) in [6.45, 7) is 2.48. The number of nitrogens with one attached hydrogen (secondary N) is 1. The van der Waals surface area contributed by atoms with Crippen molar-refractivity contribution in [2.24, 2.45) is 5.16 Å². The van der Waals surface area contributed by atoms with Crippen LogP contribution >= 0.6 is 0 Å². The van der Waals surface area contributed by atoms with E-state index in [1.807, 2.05) is 6.92 Å². The molecule has 0 amide bonds. The van der Waals surface area contributed by atoms with Crippen LogP contribution in [0, 0.1) is 0 Å². The zero-order valence-corrected chi connectivity index (χ0v) is 17.4. The van der Waals surface area contributed by atoms with Crippen LogP contribution in [0.1, 0.15) is 31.7 Å². The molecule has 0 bridgehead atoms. The lowest BCUT2D eigenvalue weighted by Gasteiger charge is -2.25. The SMILES string of the molecule is CCn1ncc2c(NC3CCS(=O)(=O)CC3)c(C3=NOC(C(=O)O)(C(=O)O)C3)cnc21. The van der Waals surface area contributed by atoms with Crippen molar-refractivity contribution in [3.8, 4) is 0 Å². The van der Waals surface area contributed by atoms with Gasteiger partial charge in [-0.1, -0.05) is 5.16 Å². The summed E-state index contributed by atoms with van der Waals surface area (Å²) in [5.41, 5.74) is -0.869. The fraction of sp³-hybridized carbons (Fsp3) is 0.500. The van der Waals surface area contributed by atoms with Crippen molar-refractivity contribution >= 4 is 44.2 Å². The van der Waals surface area contributed by atoms with Crippen molar-refractivity contribution in [3.05, 3.63) is 18.0 Å². The zero-order chi connectivity index (χ0) is 22.4. The number of aromatic nitrogens is 3. The maximum Gasteiger partial charge on any atom is 0.363 e. The number of carboxylic acids is 2. The number of anilines is 1. The van der Waals surface area contributed by atoms with E-state index in [0.29, 0.717) is 41.7 Å². The molecule has 0 atom stereocenters. The van der Waals surface area contributed by atoms with Gasteiger partial charge in [-0.2, -0.15) is 5.10 Å². The molecule has 0 aliphatic carbocycles. The number of aryl methyl sites for hydroxylation is 1. The van der Waals surface area contributed by atoms with Crippen LogP contribution in [0.2, 0.25) is 0 Å². The molecule has 12 nitrogen and oxygen atoms in total. The minimum absolute atomic E-state index is 0.0631. The van der Waals surface area contributed by atoms with Crippen molar-refractivity contribution in [1.82, 2.24) is 14.8 Å². The standard InChI is InChI=1S/C18H21N5O7S/c1-2-23-15-12(9-20-23)14(21-10-3-5-31(28,29)6-4-10)11(8-19-15)13-7-18(16(24)25,17(26)27)30-22-13/h8-10H,2-7H2,1H3,(H,19,21)(H,24,25)(H,26,27). The summed E-state index contributed by atoms with van der Waals surface area (Å²) >= 11 is 0. The Hall–Kier alpha value is -3.22. The number of carbonyl (C=O) groups is 2. The van der Waals surface area contributed by atoms with Crippen molar-refractivity contribution in [2.75, 3.05) is 16.8 Å². The van der Waals surface area contributed by atoms with Crippen LogP contribution < -0.4 is 5.32 Å².